The molecule has 28 heavy (non-hydrogen) atoms. The summed E-state index contributed by atoms with van der Waals surface area (Å²) in [6.45, 7) is 0.237. The minimum Gasteiger partial charge on any atom is -0.496 e. The van der Waals surface area contributed by atoms with Crippen LogP contribution in [-0.2, 0) is 6.61 Å². The number of para-hydroxylation sites is 1. The van der Waals surface area contributed by atoms with Gasteiger partial charge >= 0.3 is 0 Å². The first-order valence-corrected chi connectivity index (χ1v) is 9.11. The fraction of sp³-hybridized carbons (Fsp3) is 0.0952. The van der Waals surface area contributed by atoms with Gasteiger partial charge in [0.2, 0.25) is 4.77 Å². The number of fused-ring (bicyclic) bond motifs is 1. The number of hydrogen-bond acceptors (Lipinski definition) is 5. The van der Waals surface area contributed by atoms with Crippen LogP contribution in [0.4, 0.5) is 0 Å². The van der Waals surface area contributed by atoms with Crippen molar-refractivity contribution in [2.75, 3.05) is 7.11 Å². The van der Waals surface area contributed by atoms with E-state index in [2.05, 4.69) is 21.4 Å². The van der Waals surface area contributed by atoms with Crippen LogP contribution in [0.1, 0.15) is 11.4 Å². The lowest BCUT2D eigenvalue weighted by Gasteiger charge is -2.09. The van der Waals surface area contributed by atoms with Crippen molar-refractivity contribution in [3.05, 3.63) is 82.9 Å². The molecule has 1 N–H and O–H groups in total. The van der Waals surface area contributed by atoms with E-state index in [1.807, 2.05) is 60.7 Å². The maximum Gasteiger partial charge on any atom is 0.216 e. The molecule has 0 saturated carbocycles. The molecule has 0 radical (unpaired) electrons. The lowest BCUT2D eigenvalue weighted by atomic mass is 10.0. The SMILES string of the molecule is COc1ccc2ccccc2c1/C=N/n1c(COc2ccccc2)n[nH]c1=S. The monoisotopic (exact) mass is 390 g/mol. The van der Waals surface area contributed by atoms with Crippen molar-refractivity contribution in [3.8, 4) is 11.5 Å². The molecular weight excluding hydrogens is 372 g/mol. The number of rotatable bonds is 6. The smallest absolute Gasteiger partial charge is 0.216 e. The highest BCUT2D eigenvalue weighted by atomic mass is 32.1. The highest BCUT2D eigenvalue weighted by Crippen LogP contribution is 2.26. The Kier molecular flexibility index (Phi) is 5.16. The van der Waals surface area contributed by atoms with E-state index in [1.165, 1.54) is 0 Å². The summed E-state index contributed by atoms with van der Waals surface area (Å²) in [4.78, 5) is 0. The van der Waals surface area contributed by atoms with Crippen molar-refractivity contribution in [2.24, 2.45) is 5.10 Å². The highest BCUT2D eigenvalue weighted by molar-refractivity contribution is 7.71. The van der Waals surface area contributed by atoms with Crippen LogP contribution >= 0.6 is 12.2 Å². The maximum absolute atomic E-state index is 5.77. The van der Waals surface area contributed by atoms with E-state index >= 15 is 0 Å². The molecule has 0 saturated heterocycles. The lowest BCUT2D eigenvalue weighted by Crippen LogP contribution is -2.04. The van der Waals surface area contributed by atoms with Gasteiger partial charge in [-0.3, -0.25) is 0 Å². The average molecular weight is 390 g/mol. The number of aromatic nitrogens is 3. The van der Waals surface area contributed by atoms with Crippen LogP contribution in [0.25, 0.3) is 10.8 Å². The lowest BCUT2D eigenvalue weighted by molar-refractivity contribution is 0.290. The molecule has 0 unspecified atom stereocenters. The topological polar surface area (TPSA) is 64.4 Å². The van der Waals surface area contributed by atoms with E-state index in [-0.39, 0.29) is 6.61 Å². The van der Waals surface area contributed by atoms with Gasteiger partial charge in [0.05, 0.1) is 13.3 Å². The summed E-state index contributed by atoms with van der Waals surface area (Å²) in [5, 5.41) is 13.7. The number of nitrogens with zero attached hydrogens (tertiary/aromatic N) is 3. The quantitative estimate of drug-likeness (QED) is 0.387. The molecule has 6 nitrogen and oxygen atoms in total. The van der Waals surface area contributed by atoms with Crippen LogP contribution in [0.15, 0.2) is 71.8 Å². The van der Waals surface area contributed by atoms with Crippen molar-refractivity contribution in [3.63, 3.8) is 0 Å². The standard InChI is InChI=1S/C21H18N4O2S/c1-26-19-12-11-15-7-5-6-10-17(15)18(19)13-22-25-20(23-24-21(25)28)14-27-16-8-3-2-4-9-16/h2-13H,14H2,1H3,(H,24,28)/b22-13+. The first-order chi connectivity index (χ1) is 13.8. The number of aromatic amines is 1. The summed E-state index contributed by atoms with van der Waals surface area (Å²) in [6, 6.07) is 21.6. The molecule has 4 rings (SSSR count). The minimum atomic E-state index is 0.237. The summed E-state index contributed by atoms with van der Waals surface area (Å²) in [7, 11) is 1.64. The minimum absolute atomic E-state index is 0.237. The zero-order chi connectivity index (χ0) is 19.3. The molecular formula is C21H18N4O2S. The van der Waals surface area contributed by atoms with Gasteiger partial charge in [-0.1, -0.05) is 48.5 Å². The maximum atomic E-state index is 5.77. The molecule has 7 heteroatoms. The van der Waals surface area contributed by atoms with Crippen LogP contribution in [0.5, 0.6) is 11.5 Å². The Hall–Kier alpha value is -3.45. The van der Waals surface area contributed by atoms with Crippen LogP contribution in [0, 0.1) is 4.77 Å². The van der Waals surface area contributed by atoms with Gasteiger partial charge in [0.15, 0.2) is 5.82 Å². The van der Waals surface area contributed by atoms with E-state index in [0.29, 0.717) is 10.6 Å². The molecule has 0 amide bonds. The van der Waals surface area contributed by atoms with Gasteiger partial charge in [-0.2, -0.15) is 14.9 Å². The van der Waals surface area contributed by atoms with E-state index in [9.17, 15) is 0 Å². The van der Waals surface area contributed by atoms with Crippen LogP contribution in [-0.4, -0.2) is 28.2 Å². The molecule has 140 valence electrons. The normalized spacial score (nSPS) is 11.2. The van der Waals surface area contributed by atoms with Gasteiger partial charge in [-0.15, -0.1) is 0 Å². The zero-order valence-corrected chi connectivity index (χ0v) is 16.0. The summed E-state index contributed by atoms with van der Waals surface area (Å²) < 4.78 is 13.2. The van der Waals surface area contributed by atoms with E-state index in [0.717, 1.165) is 27.8 Å². The molecule has 0 fully saturated rings. The third-order valence-corrected chi connectivity index (χ3v) is 4.55. The van der Waals surface area contributed by atoms with Crippen molar-refractivity contribution in [1.29, 1.82) is 0 Å². The number of hydrogen-bond donors (Lipinski definition) is 1. The number of benzene rings is 3. The molecule has 0 aliphatic carbocycles. The van der Waals surface area contributed by atoms with Gasteiger partial charge in [0.25, 0.3) is 0 Å². The second-order valence-electron chi connectivity index (χ2n) is 6.01. The Morgan fingerprint density at radius 3 is 2.68 bits per heavy atom. The largest absolute Gasteiger partial charge is 0.496 e. The Labute approximate surface area is 167 Å². The fourth-order valence-electron chi connectivity index (χ4n) is 2.90. The van der Waals surface area contributed by atoms with Crippen LogP contribution in [0.2, 0.25) is 0 Å². The molecule has 0 spiro atoms. The molecule has 1 aromatic heterocycles. The molecule has 0 aliphatic heterocycles. The van der Waals surface area contributed by atoms with Crippen molar-refractivity contribution in [2.45, 2.75) is 6.61 Å². The summed E-state index contributed by atoms with van der Waals surface area (Å²) in [5.41, 5.74) is 0.874. The Morgan fingerprint density at radius 2 is 1.86 bits per heavy atom. The molecule has 3 aromatic carbocycles. The third-order valence-electron chi connectivity index (χ3n) is 4.28. The van der Waals surface area contributed by atoms with Crippen molar-refractivity contribution >= 4 is 29.2 Å². The van der Waals surface area contributed by atoms with E-state index in [4.69, 9.17) is 21.7 Å². The Morgan fingerprint density at radius 1 is 1.07 bits per heavy atom. The summed E-state index contributed by atoms with van der Waals surface area (Å²) >= 11 is 5.32. The van der Waals surface area contributed by atoms with Crippen LogP contribution in [0.3, 0.4) is 0 Å². The van der Waals surface area contributed by atoms with Crippen LogP contribution < -0.4 is 9.47 Å². The summed E-state index contributed by atoms with van der Waals surface area (Å²) in [6.07, 6.45) is 1.73. The second kappa shape index (κ2) is 8.06. The number of ether oxygens (including phenoxy) is 2. The number of methoxy groups -OCH3 is 1. The molecule has 0 aliphatic rings. The zero-order valence-electron chi connectivity index (χ0n) is 15.2. The molecule has 4 aromatic rings. The highest BCUT2D eigenvalue weighted by Gasteiger charge is 2.09. The van der Waals surface area contributed by atoms with Gasteiger partial charge in [-0.05, 0) is 41.2 Å². The van der Waals surface area contributed by atoms with Gasteiger partial charge in [-0.25, -0.2) is 5.10 Å². The first kappa shape index (κ1) is 17.9. The predicted octanol–water partition coefficient (Wildman–Crippen LogP) is 4.56. The van der Waals surface area contributed by atoms with Gasteiger partial charge < -0.3 is 9.47 Å². The predicted molar refractivity (Wildman–Crippen MR) is 112 cm³/mol. The average Bonchev–Trinajstić information content (AvgIpc) is 3.10. The third kappa shape index (κ3) is 3.65. The summed E-state index contributed by atoms with van der Waals surface area (Å²) in [5.74, 6) is 2.06. The Bertz CT molecular complexity index is 1180. The van der Waals surface area contributed by atoms with Gasteiger partial charge in [0.1, 0.15) is 18.1 Å². The van der Waals surface area contributed by atoms with Crippen molar-refractivity contribution in [1.82, 2.24) is 14.9 Å². The first-order valence-electron chi connectivity index (χ1n) is 8.70. The Balaban J connectivity index is 1.67. The molecule has 0 bridgehead atoms. The van der Waals surface area contributed by atoms with Gasteiger partial charge in [0, 0.05) is 5.56 Å². The number of nitrogens with one attached hydrogen (secondary N) is 1. The number of H-pyrrole nitrogens is 1. The fourth-order valence-corrected chi connectivity index (χ4v) is 3.10. The molecule has 0 atom stereocenters. The van der Waals surface area contributed by atoms with Crippen molar-refractivity contribution < 1.29 is 9.47 Å². The molecule has 1 heterocycles. The van der Waals surface area contributed by atoms with E-state index < -0.39 is 0 Å². The van der Waals surface area contributed by atoms with E-state index in [1.54, 1.807) is 18.0 Å². The second-order valence-corrected chi connectivity index (χ2v) is 6.39.